The molecule has 1 saturated heterocycles. The van der Waals surface area contributed by atoms with E-state index in [4.69, 9.17) is 4.42 Å². The van der Waals surface area contributed by atoms with Gasteiger partial charge in [-0.25, -0.2) is 9.97 Å². The van der Waals surface area contributed by atoms with E-state index in [2.05, 4.69) is 42.1 Å². The van der Waals surface area contributed by atoms with Crippen molar-refractivity contribution in [3.05, 3.63) is 43.2 Å². The van der Waals surface area contributed by atoms with Crippen LogP contribution in [0.25, 0.3) is 22.7 Å². The van der Waals surface area contributed by atoms with Crippen molar-refractivity contribution in [3.8, 4) is 22.7 Å². The zero-order valence-corrected chi connectivity index (χ0v) is 16.1. The third kappa shape index (κ3) is 4.52. The highest BCUT2D eigenvalue weighted by Gasteiger charge is 2.15. The monoisotopic (exact) mass is 379 g/mol. The summed E-state index contributed by atoms with van der Waals surface area (Å²) in [6.45, 7) is 6.49. The standard InChI is InChI=1S/C20H25N7O/c1-26-9-11-27(12-10-26)8-3-5-23-20-24-14-16(17-15-21-6-7-22-17)19(25-20)18-4-2-13-28-18/h2,4,6-7,13-15H,3,5,8-12H2,1H3,(H,23,24,25). The molecular weight excluding hydrogens is 354 g/mol. The number of anilines is 1. The van der Waals surface area contributed by atoms with E-state index in [0.717, 1.165) is 56.9 Å². The molecule has 0 atom stereocenters. The summed E-state index contributed by atoms with van der Waals surface area (Å²) in [5.41, 5.74) is 2.23. The van der Waals surface area contributed by atoms with Gasteiger partial charge in [0.15, 0.2) is 5.76 Å². The molecule has 0 spiro atoms. The molecule has 3 aromatic rings. The van der Waals surface area contributed by atoms with Gasteiger partial charge in [-0.3, -0.25) is 9.97 Å². The average molecular weight is 379 g/mol. The van der Waals surface area contributed by atoms with Crippen LogP contribution in [0.15, 0.2) is 47.6 Å². The van der Waals surface area contributed by atoms with Gasteiger partial charge in [0.05, 0.1) is 18.2 Å². The molecule has 0 aliphatic carbocycles. The fourth-order valence-electron chi connectivity index (χ4n) is 3.27. The van der Waals surface area contributed by atoms with E-state index >= 15 is 0 Å². The maximum absolute atomic E-state index is 5.57. The van der Waals surface area contributed by atoms with Gasteiger partial charge >= 0.3 is 0 Å². The molecule has 3 aromatic heterocycles. The molecule has 28 heavy (non-hydrogen) atoms. The van der Waals surface area contributed by atoms with E-state index < -0.39 is 0 Å². The predicted molar refractivity (Wildman–Crippen MR) is 108 cm³/mol. The van der Waals surface area contributed by atoms with E-state index in [-0.39, 0.29) is 0 Å². The second-order valence-corrected chi connectivity index (χ2v) is 6.95. The van der Waals surface area contributed by atoms with Gasteiger partial charge in [-0.05, 0) is 32.1 Å². The first-order valence-electron chi connectivity index (χ1n) is 9.61. The van der Waals surface area contributed by atoms with Gasteiger partial charge < -0.3 is 19.5 Å². The van der Waals surface area contributed by atoms with Crippen molar-refractivity contribution in [2.75, 3.05) is 51.6 Å². The number of nitrogens with one attached hydrogen (secondary N) is 1. The number of likely N-dealkylation sites (N-methyl/N-ethyl adjacent to an activating group) is 1. The zero-order valence-electron chi connectivity index (χ0n) is 16.1. The predicted octanol–water partition coefficient (Wildman–Crippen LogP) is 2.24. The highest BCUT2D eigenvalue weighted by atomic mass is 16.3. The van der Waals surface area contributed by atoms with Gasteiger partial charge in [-0.1, -0.05) is 0 Å². The van der Waals surface area contributed by atoms with E-state index in [1.165, 1.54) is 0 Å². The molecule has 1 aliphatic heterocycles. The highest BCUT2D eigenvalue weighted by molar-refractivity contribution is 5.76. The summed E-state index contributed by atoms with van der Waals surface area (Å²) in [5.74, 6) is 1.28. The quantitative estimate of drug-likeness (QED) is 0.626. The maximum atomic E-state index is 5.57. The summed E-state index contributed by atoms with van der Waals surface area (Å²) in [6, 6.07) is 3.74. The lowest BCUT2D eigenvalue weighted by atomic mass is 10.1. The number of aromatic nitrogens is 4. The van der Waals surface area contributed by atoms with Crippen molar-refractivity contribution in [2.24, 2.45) is 0 Å². The Morgan fingerprint density at radius 3 is 2.75 bits per heavy atom. The van der Waals surface area contributed by atoms with Crippen molar-refractivity contribution in [1.29, 1.82) is 0 Å². The summed E-state index contributed by atoms with van der Waals surface area (Å²) in [5, 5.41) is 3.34. The third-order valence-electron chi connectivity index (χ3n) is 4.91. The average Bonchev–Trinajstić information content (AvgIpc) is 3.28. The summed E-state index contributed by atoms with van der Waals surface area (Å²) in [4.78, 5) is 22.5. The molecule has 4 heterocycles. The van der Waals surface area contributed by atoms with Crippen LogP contribution in [0.2, 0.25) is 0 Å². The Balaban J connectivity index is 1.41. The van der Waals surface area contributed by atoms with Crippen molar-refractivity contribution in [3.63, 3.8) is 0 Å². The number of hydrogen-bond acceptors (Lipinski definition) is 8. The topological polar surface area (TPSA) is 83.2 Å². The van der Waals surface area contributed by atoms with Gasteiger partial charge in [0.25, 0.3) is 0 Å². The third-order valence-corrected chi connectivity index (χ3v) is 4.91. The minimum atomic E-state index is 0.595. The fourth-order valence-corrected chi connectivity index (χ4v) is 3.27. The van der Waals surface area contributed by atoms with Gasteiger partial charge in [0, 0.05) is 56.9 Å². The first kappa shape index (κ1) is 18.5. The molecule has 146 valence electrons. The second-order valence-electron chi connectivity index (χ2n) is 6.95. The summed E-state index contributed by atoms with van der Waals surface area (Å²) >= 11 is 0. The zero-order chi connectivity index (χ0) is 19.2. The molecule has 0 amide bonds. The van der Waals surface area contributed by atoms with Gasteiger partial charge in [0.1, 0.15) is 5.69 Å². The lowest BCUT2D eigenvalue weighted by Crippen LogP contribution is -2.44. The van der Waals surface area contributed by atoms with Crippen molar-refractivity contribution in [1.82, 2.24) is 29.7 Å². The van der Waals surface area contributed by atoms with Gasteiger partial charge in [-0.2, -0.15) is 0 Å². The van der Waals surface area contributed by atoms with E-state index in [9.17, 15) is 0 Å². The summed E-state index contributed by atoms with van der Waals surface area (Å²) in [7, 11) is 2.18. The number of nitrogens with zero attached hydrogens (tertiary/aromatic N) is 6. The number of piperazine rings is 1. The SMILES string of the molecule is CN1CCN(CCCNc2ncc(-c3cnccn3)c(-c3ccco3)n2)CC1. The minimum absolute atomic E-state index is 0.595. The van der Waals surface area contributed by atoms with Crippen LogP contribution in [-0.4, -0.2) is 76.1 Å². The van der Waals surface area contributed by atoms with E-state index in [1.54, 1.807) is 31.1 Å². The van der Waals surface area contributed by atoms with E-state index in [1.807, 2.05) is 12.1 Å². The first-order chi connectivity index (χ1) is 13.8. The number of hydrogen-bond donors (Lipinski definition) is 1. The Hall–Kier alpha value is -2.84. The molecule has 0 unspecified atom stereocenters. The summed E-state index contributed by atoms with van der Waals surface area (Å²) in [6.07, 6.45) is 9.47. The molecule has 0 aromatic carbocycles. The van der Waals surface area contributed by atoms with Crippen LogP contribution in [0.5, 0.6) is 0 Å². The Kier molecular flexibility index (Phi) is 5.89. The molecule has 0 bridgehead atoms. The Labute approximate surface area is 164 Å². The maximum Gasteiger partial charge on any atom is 0.223 e. The minimum Gasteiger partial charge on any atom is -0.463 e. The molecule has 0 saturated carbocycles. The lowest BCUT2D eigenvalue weighted by molar-refractivity contribution is 0.154. The highest BCUT2D eigenvalue weighted by Crippen LogP contribution is 2.29. The van der Waals surface area contributed by atoms with E-state index in [0.29, 0.717) is 17.4 Å². The van der Waals surface area contributed by atoms with Crippen LogP contribution in [0, 0.1) is 0 Å². The van der Waals surface area contributed by atoms with Crippen LogP contribution in [0.4, 0.5) is 5.95 Å². The Morgan fingerprint density at radius 2 is 2.00 bits per heavy atom. The smallest absolute Gasteiger partial charge is 0.223 e. The molecule has 1 fully saturated rings. The van der Waals surface area contributed by atoms with Gasteiger partial charge in [0.2, 0.25) is 5.95 Å². The molecule has 0 radical (unpaired) electrons. The van der Waals surface area contributed by atoms with Crippen LogP contribution >= 0.6 is 0 Å². The fraction of sp³-hybridized carbons (Fsp3) is 0.400. The molecular formula is C20H25N7O. The normalized spacial score (nSPS) is 15.6. The first-order valence-corrected chi connectivity index (χ1v) is 9.61. The van der Waals surface area contributed by atoms with Crippen LogP contribution in [-0.2, 0) is 0 Å². The van der Waals surface area contributed by atoms with Gasteiger partial charge in [-0.15, -0.1) is 0 Å². The Bertz CT molecular complexity index is 862. The number of furan rings is 1. The van der Waals surface area contributed by atoms with Crippen molar-refractivity contribution >= 4 is 5.95 Å². The second kappa shape index (κ2) is 8.90. The molecule has 4 rings (SSSR count). The molecule has 1 N–H and O–H groups in total. The largest absolute Gasteiger partial charge is 0.463 e. The van der Waals surface area contributed by atoms with Crippen LogP contribution < -0.4 is 5.32 Å². The lowest BCUT2D eigenvalue weighted by Gasteiger charge is -2.32. The Morgan fingerprint density at radius 1 is 1.11 bits per heavy atom. The van der Waals surface area contributed by atoms with Crippen LogP contribution in [0.3, 0.4) is 0 Å². The summed E-state index contributed by atoms with van der Waals surface area (Å²) < 4.78 is 5.57. The van der Waals surface area contributed by atoms with Crippen molar-refractivity contribution in [2.45, 2.75) is 6.42 Å². The number of rotatable bonds is 7. The molecule has 8 nitrogen and oxygen atoms in total. The molecule has 1 aliphatic rings. The van der Waals surface area contributed by atoms with Crippen LogP contribution in [0.1, 0.15) is 6.42 Å². The van der Waals surface area contributed by atoms with Crippen molar-refractivity contribution < 1.29 is 4.42 Å². The molecule has 8 heteroatoms.